The lowest BCUT2D eigenvalue weighted by molar-refractivity contribution is 0.112. The van der Waals surface area contributed by atoms with Gasteiger partial charge in [-0.25, -0.2) is 0 Å². The molecule has 0 saturated heterocycles. The number of hydrogen-bond acceptors (Lipinski definition) is 1. The van der Waals surface area contributed by atoms with Crippen LogP contribution in [0.5, 0.6) is 0 Å². The maximum absolute atomic E-state index is 9.32. The first-order valence-electron chi connectivity index (χ1n) is 3.62. The van der Waals surface area contributed by atoms with Gasteiger partial charge in [-0.2, -0.15) is 0 Å². The zero-order valence-corrected chi connectivity index (χ0v) is 6.32. The summed E-state index contributed by atoms with van der Waals surface area (Å²) in [5, 5.41) is 8.46. The first-order valence-corrected chi connectivity index (χ1v) is 4.00. The Labute approximate surface area is 61.0 Å². The molecule has 1 saturated carbocycles. The highest BCUT2D eigenvalue weighted by molar-refractivity contribution is 6.22. The van der Waals surface area contributed by atoms with E-state index in [0.29, 0.717) is 0 Å². The molecule has 0 aromatic carbocycles. The van der Waals surface area contributed by atoms with Gasteiger partial charge in [-0.1, -0.05) is 24.4 Å². The van der Waals surface area contributed by atoms with Crippen molar-refractivity contribution < 1.29 is 5.11 Å². The maximum atomic E-state index is 9.32. The molecule has 2 heteroatoms. The Balaban J connectivity index is 2.36. The summed E-state index contributed by atoms with van der Waals surface area (Å²) in [6.07, 6.45) is 6.17. The molecule has 0 unspecified atom stereocenters. The van der Waals surface area contributed by atoms with Gasteiger partial charge in [0.2, 0.25) is 0 Å². The summed E-state index contributed by atoms with van der Waals surface area (Å²) in [6.45, 7) is 0. The zero-order valence-electron chi connectivity index (χ0n) is 5.57. The van der Waals surface area contributed by atoms with Crippen molar-refractivity contribution in [3.8, 4) is 0 Å². The molecule has 0 bridgehead atoms. The van der Waals surface area contributed by atoms with Gasteiger partial charge >= 0.3 is 0 Å². The number of halogens is 1. The minimum atomic E-state index is -0.865. The van der Waals surface area contributed by atoms with E-state index >= 15 is 0 Å². The highest BCUT2D eigenvalue weighted by Gasteiger charge is 2.23. The molecule has 0 aromatic rings. The standard InChI is InChI=1S/C7H13ClO/c8-7(9)5-3-1-2-4-6-7/h9H,1-6H2. The molecule has 1 fully saturated rings. The highest BCUT2D eigenvalue weighted by atomic mass is 35.5. The van der Waals surface area contributed by atoms with Gasteiger partial charge < -0.3 is 5.11 Å². The van der Waals surface area contributed by atoms with Crippen molar-refractivity contribution in [1.82, 2.24) is 0 Å². The number of hydrogen-bond donors (Lipinski definition) is 1. The average Bonchev–Trinajstić information content (AvgIpc) is 1.92. The number of rotatable bonds is 0. The van der Waals surface area contributed by atoms with Crippen LogP contribution in [0.3, 0.4) is 0 Å². The fraction of sp³-hybridized carbons (Fsp3) is 1.00. The second kappa shape index (κ2) is 2.89. The fourth-order valence-electron chi connectivity index (χ4n) is 1.27. The van der Waals surface area contributed by atoms with E-state index in [2.05, 4.69) is 0 Å². The molecule has 0 spiro atoms. The summed E-state index contributed by atoms with van der Waals surface area (Å²) in [5.74, 6) is 0. The Kier molecular flexibility index (Phi) is 2.36. The third kappa shape index (κ3) is 2.55. The average molecular weight is 149 g/mol. The summed E-state index contributed by atoms with van der Waals surface area (Å²) in [4.78, 5) is 0. The molecule has 1 aliphatic carbocycles. The van der Waals surface area contributed by atoms with E-state index in [9.17, 15) is 5.11 Å². The molecule has 0 aromatic heterocycles. The molecule has 1 aliphatic rings. The maximum Gasteiger partial charge on any atom is 0.138 e. The lowest BCUT2D eigenvalue weighted by Gasteiger charge is -2.16. The van der Waals surface area contributed by atoms with Crippen LogP contribution in [0.1, 0.15) is 38.5 Å². The van der Waals surface area contributed by atoms with E-state index in [-0.39, 0.29) is 0 Å². The van der Waals surface area contributed by atoms with E-state index in [0.717, 1.165) is 25.7 Å². The molecule has 0 amide bonds. The molecule has 0 aliphatic heterocycles. The van der Waals surface area contributed by atoms with Gasteiger partial charge in [0, 0.05) is 0 Å². The SMILES string of the molecule is OC1(Cl)CCCCCC1. The summed E-state index contributed by atoms with van der Waals surface area (Å²) in [5.41, 5.74) is 0. The fourth-order valence-corrected chi connectivity index (χ4v) is 1.54. The van der Waals surface area contributed by atoms with Crippen molar-refractivity contribution >= 4 is 11.6 Å². The third-order valence-corrected chi connectivity index (χ3v) is 2.25. The minimum absolute atomic E-state index is 0.772. The minimum Gasteiger partial charge on any atom is -0.375 e. The normalized spacial score (nSPS) is 27.3. The van der Waals surface area contributed by atoms with Crippen LogP contribution in [-0.2, 0) is 0 Å². The molecule has 1 N–H and O–H groups in total. The van der Waals surface area contributed by atoms with Crippen LogP contribution in [0.25, 0.3) is 0 Å². The van der Waals surface area contributed by atoms with Gasteiger partial charge in [-0.15, -0.1) is 0 Å². The largest absolute Gasteiger partial charge is 0.375 e. The van der Waals surface area contributed by atoms with Crippen molar-refractivity contribution in [2.75, 3.05) is 0 Å². The van der Waals surface area contributed by atoms with Gasteiger partial charge in [0.1, 0.15) is 5.06 Å². The Bertz CT molecular complexity index is 80.9. The lowest BCUT2D eigenvalue weighted by atomic mass is 10.1. The Morgan fingerprint density at radius 2 is 1.44 bits per heavy atom. The second-order valence-electron chi connectivity index (χ2n) is 2.83. The summed E-state index contributed by atoms with van der Waals surface area (Å²) >= 11 is 5.73. The molecule has 0 heterocycles. The van der Waals surface area contributed by atoms with E-state index < -0.39 is 5.06 Å². The quantitative estimate of drug-likeness (QED) is 0.413. The predicted octanol–water partition coefficient (Wildman–Crippen LogP) is 2.27. The Morgan fingerprint density at radius 3 is 1.89 bits per heavy atom. The second-order valence-corrected chi connectivity index (χ2v) is 3.54. The first-order chi connectivity index (χ1) is 4.21. The van der Waals surface area contributed by atoms with Gasteiger partial charge in [-0.3, -0.25) is 0 Å². The van der Waals surface area contributed by atoms with Crippen LogP contribution >= 0.6 is 11.6 Å². The van der Waals surface area contributed by atoms with Gasteiger partial charge in [-0.05, 0) is 25.7 Å². The van der Waals surface area contributed by atoms with Gasteiger partial charge in [0.05, 0.1) is 0 Å². The number of alkyl halides is 1. The monoisotopic (exact) mass is 148 g/mol. The molecule has 9 heavy (non-hydrogen) atoms. The van der Waals surface area contributed by atoms with E-state index in [1.807, 2.05) is 0 Å². The molecule has 54 valence electrons. The molecule has 0 radical (unpaired) electrons. The third-order valence-electron chi connectivity index (χ3n) is 1.87. The van der Waals surface area contributed by atoms with E-state index in [4.69, 9.17) is 11.6 Å². The topological polar surface area (TPSA) is 20.2 Å². The van der Waals surface area contributed by atoms with Crippen molar-refractivity contribution in [3.05, 3.63) is 0 Å². The van der Waals surface area contributed by atoms with Crippen LogP contribution in [0, 0.1) is 0 Å². The van der Waals surface area contributed by atoms with Crippen LogP contribution in [0.2, 0.25) is 0 Å². The van der Waals surface area contributed by atoms with Crippen LogP contribution in [0.15, 0.2) is 0 Å². The predicted molar refractivity (Wildman–Crippen MR) is 38.5 cm³/mol. The summed E-state index contributed by atoms with van der Waals surface area (Å²) in [6, 6.07) is 0. The highest BCUT2D eigenvalue weighted by Crippen LogP contribution is 2.29. The van der Waals surface area contributed by atoms with E-state index in [1.165, 1.54) is 12.8 Å². The molecule has 0 atom stereocenters. The lowest BCUT2D eigenvalue weighted by Crippen LogP contribution is -2.18. The smallest absolute Gasteiger partial charge is 0.138 e. The molecule has 1 rings (SSSR count). The number of aliphatic hydroxyl groups is 1. The van der Waals surface area contributed by atoms with Crippen molar-refractivity contribution in [3.63, 3.8) is 0 Å². The van der Waals surface area contributed by atoms with Crippen molar-refractivity contribution in [1.29, 1.82) is 0 Å². The van der Waals surface area contributed by atoms with Crippen molar-refractivity contribution in [2.24, 2.45) is 0 Å². The summed E-state index contributed by atoms with van der Waals surface area (Å²) < 4.78 is 0. The van der Waals surface area contributed by atoms with Crippen molar-refractivity contribution in [2.45, 2.75) is 43.6 Å². The Hall–Kier alpha value is 0.250. The summed E-state index contributed by atoms with van der Waals surface area (Å²) in [7, 11) is 0. The van der Waals surface area contributed by atoms with Crippen LogP contribution in [-0.4, -0.2) is 10.2 Å². The Morgan fingerprint density at radius 1 is 1.00 bits per heavy atom. The van der Waals surface area contributed by atoms with Crippen LogP contribution in [0.4, 0.5) is 0 Å². The molecule has 1 nitrogen and oxygen atoms in total. The zero-order chi connectivity index (χ0) is 6.74. The first kappa shape index (κ1) is 7.36. The van der Waals surface area contributed by atoms with Gasteiger partial charge in [0.15, 0.2) is 0 Å². The van der Waals surface area contributed by atoms with Crippen LogP contribution < -0.4 is 0 Å². The molecular formula is C7H13ClO. The van der Waals surface area contributed by atoms with E-state index in [1.54, 1.807) is 0 Å². The van der Waals surface area contributed by atoms with Gasteiger partial charge in [0.25, 0.3) is 0 Å². The molecular weight excluding hydrogens is 136 g/mol.